The molecule has 2 N–H and O–H groups in total. The highest BCUT2D eigenvalue weighted by Gasteiger charge is 2.40. The molecule has 1 aromatic rings. The van der Waals surface area contributed by atoms with Gasteiger partial charge in [0.2, 0.25) is 5.91 Å². The minimum Gasteiger partial charge on any atom is -0.444 e. The number of rotatable bonds is 7. The molecule has 8 heteroatoms. The van der Waals surface area contributed by atoms with E-state index in [9.17, 15) is 19.2 Å². The van der Waals surface area contributed by atoms with Gasteiger partial charge in [0.15, 0.2) is 0 Å². The first kappa shape index (κ1) is 20.6. The van der Waals surface area contributed by atoms with E-state index >= 15 is 0 Å². The zero-order chi connectivity index (χ0) is 19.8. The fourth-order valence-corrected chi connectivity index (χ4v) is 3.04. The van der Waals surface area contributed by atoms with E-state index in [0.29, 0.717) is 12.8 Å². The Morgan fingerprint density at radius 1 is 1.44 bits per heavy atom. The molecule has 1 aromatic carbocycles. The summed E-state index contributed by atoms with van der Waals surface area (Å²) in [7, 11) is 0. The van der Waals surface area contributed by atoms with Crippen LogP contribution in [-0.2, 0) is 16.1 Å². The molecule has 146 valence electrons. The number of halogens is 1. The molecule has 1 aliphatic rings. The molecule has 1 saturated heterocycles. The van der Waals surface area contributed by atoms with Crippen LogP contribution in [0.2, 0.25) is 0 Å². The summed E-state index contributed by atoms with van der Waals surface area (Å²) in [6.45, 7) is 1.81. The molecular formula is C19H25FN4O3. The number of ether oxygens (including phenoxy) is 1. The molecular weight excluding hydrogens is 351 g/mol. The average molecular weight is 376 g/mol. The van der Waals surface area contributed by atoms with Gasteiger partial charge >= 0.3 is 6.09 Å². The third-order valence-corrected chi connectivity index (χ3v) is 4.55. The topological polar surface area (TPSA) is 99.7 Å². The maximum Gasteiger partial charge on any atom is 0.425 e. The number of nitriles is 1. The summed E-state index contributed by atoms with van der Waals surface area (Å²) in [4.78, 5) is 26.4. The molecule has 1 heterocycles. The lowest BCUT2D eigenvalue weighted by Crippen LogP contribution is -2.55. The van der Waals surface area contributed by atoms with Crippen molar-refractivity contribution in [1.82, 2.24) is 9.91 Å². The first-order chi connectivity index (χ1) is 13.0. The predicted octanol–water partition coefficient (Wildman–Crippen LogP) is 2.52. The van der Waals surface area contributed by atoms with Crippen molar-refractivity contribution in [2.24, 2.45) is 5.84 Å². The van der Waals surface area contributed by atoms with Gasteiger partial charge in [0, 0.05) is 6.42 Å². The van der Waals surface area contributed by atoms with E-state index in [2.05, 4.69) is 0 Å². The lowest BCUT2D eigenvalue weighted by atomic mass is 10.1. The largest absolute Gasteiger partial charge is 0.444 e. The second kappa shape index (κ2) is 9.88. The zero-order valence-electron chi connectivity index (χ0n) is 15.4. The quantitative estimate of drug-likeness (QED) is 0.448. The molecule has 0 unspecified atom stereocenters. The zero-order valence-corrected chi connectivity index (χ0v) is 15.4. The maximum atomic E-state index is 13.7. The number of nitrogens with zero attached hydrogens (tertiary/aromatic N) is 3. The van der Waals surface area contributed by atoms with Crippen molar-refractivity contribution in [3.63, 3.8) is 0 Å². The van der Waals surface area contributed by atoms with Crippen LogP contribution in [0.25, 0.3) is 0 Å². The van der Waals surface area contributed by atoms with Crippen LogP contribution in [0.15, 0.2) is 30.3 Å². The summed E-state index contributed by atoms with van der Waals surface area (Å²) < 4.78 is 18.9. The number of nitrogens with two attached hydrogens (primary N) is 1. The van der Waals surface area contributed by atoms with E-state index in [-0.39, 0.29) is 19.6 Å². The van der Waals surface area contributed by atoms with Crippen molar-refractivity contribution in [2.45, 2.75) is 57.5 Å². The van der Waals surface area contributed by atoms with Gasteiger partial charge in [-0.05, 0) is 12.0 Å². The molecule has 2 amide bonds. The summed E-state index contributed by atoms with van der Waals surface area (Å²) in [6, 6.07) is 9.20. The Morgan fingerprint density at radius 3 is 2.78 bits per heavy atom. The summed E-state index contributed by atoms with van der Waals surface area (Å²) >= 11 is 0. The lowest BCUT2D eigenvalue weighted by molar-refractivity contribution is -0.137. The van der Waals surface area contributed by atoms with Crippen LogP contribution in [0.5, 0.6) is 0 Å². The first-order valence-electron chi connectivity index (χ1n) is 9.06. The fraction of sp³-hybridized carbons (Fsp3) is 0.526. The first-order valence-corrected chi connectivity index (χ1v) is 9.06. The van der Waals surface area contributed by atoms with E-state index < -0.39 is 30.3 Å². The van der Waals surface area contributed by atoms with Crippen LogP contribution in [0.1, 0.15) is 38.2 Å². The molecule has 0 bridgehead atoms. The number of likely N-dealkylation sites (tertiary alicyclic amines) is 1. The van der Waals surface area contributed by atoms with E-state index in [4.69, 9.17) is 10.6 Å². The van der Waals surface area contributed by atoms with Crippen LogP contribution >= 0.6 is 0 Å². The molecule has 1 fully saturated rings. The Kier molecular flexibility index (Phi) is 7.55. The maximum absolute atomic E-state index is 13.7. The molecule has 0 saturated carbocycles. The smallest absolute Gasteiger partial charge is 0.425 e. The van der Waals surface area contributed by atoms with Gasteiger partial charge in [-0.3, -0.25) is 4.79 Å². The van der Waals surface area contributed by atoms with Gasteiger partial charge in [-0.15, -0.1) is 0 Å². The monoisotopic (exact) mass is 376 g/mol. The number of amides is 2. The Hall–Kier alpha value is -2.66. The minimum atomic E-state index is -1.25. The number of hydrogen-bond donors (Lipinski definition) is 1. The van der Waals surface area contributed by atoms with Gasteiger partial charge in [0.1, 0.15) is 24.9 Å². The average Bonchev–Trinajstić information content (AvgIpc) is 3.07. The Labute approximate surface area is 158 Å². The van der Waals surface area contributed by atoms with Crippen molar-refractivity contribution in [2.75, 3.05) is 6.54 Å². The molecule has 0 radical (unpaired) electrons. The van der Waals surface area contributed by atoms with Crippen LogP contribution in [0.3, 0.4) is 0 Å². The van der Waals surface area contributed by atoms with Gasteiger partial charge < -0.3 is 9.64 Å². The molecule has 0 aromatic heterocycles. The summed E-state index contributed by atoms with van der Waals surface area (Å²) in [5, 5.41) is 9.94. The predicted molar refractivity (Wildman–Crippen MR) is 96.6 cm³/mol. The highest BCUT2D eigenvalue weighted by atomic mass is 19.1. The summed E-state index contributed by atoms with van der Waals surface area (Å²) in [6.07, 6.45) is -0.340. The second-order valence-corrected chi connectivity index (χ2v) is 6.57. The molecule has 0 spiro atoms. The van der Waals surface area contributed by atoms with Crippen molar-refractivity contribution < 1.29 is 18.7 Å². The number of carbonyl (C=O) groups excluding carboxylic acids is 2. The third kappa shape index (κ3) is 5.41. The van der Waals surface area contributed by atoms with Crippen molar-refractivity contribution in [1.29, 1.82) is 5.26 Å². The van der Waals surface area contributed by atoms with Gasteiger partial charge in [-0.1, -0.05) is 50.1 Å². The molecule has 27 heavy (non-hydrogen) atoms. The molecule has 0 aliphatic carbocycles. The highest BCUT2D eigenvalue weighted by Crippen LogP contribution is 2.23. The SMILES string of the molecule is CCCC[C@@H](C(=O)N1C[C@@H](F)C[C@H]1C#N)N(N)C(=O)OCc1ccccc1. The molecule has 1 aliphatic heterocycles. The lowest BCUT2D eigenvalue weighted by Gasteiger charge is -2.30. The van der Waals surface area contributed by atoms with Gasteiger partial charge in [0.05, 0.1) is 12.6 Å². The van der Waals surface area contributed by atoms with Crippen LogP contribution in [0.4, 0.5) is 9.18 Å². The standard InChI is InChI=1S/C19H25FN4O3/c1-2-3-9-17(18(25)23-12-15(20)10-16(23)11-21)24(22)19(26)27-13-14-7-5-4-6-8-14/h4-8,15-17H,2-3,9-10,12-13,22H2,1H3/t15-,16-,17-/m0/s1. The third-order valence-electron chi connectivity index (χ3n) is 4.55. The van der Waals surface area contributed by atoms with E-state index in [1.54, 1.807) is 12.1 Å². The van der Waals surface area contributed by atoms with Crippen LogP contribution < -0.4 is 5.84 Å². The van der Waals surface area contributed by atoms with Gasteiger partial charge in [-0.25, -0.2) is 20.0 Å². The summed E-state index contributed by atoms with van der Waals surface area (Å²) in [5.41, 5.74) is 0.792. The van der Waals surface area contributed by atoms with Gasteiger partial charge in [-0.2, -0.15) is 5.26 Å². The Bertz CT molecular complexity index is 679. The number of carbonyl (C=O) groups is 2. The fourth-order valence-electron chi connectivity index (χ4n) is 3.04. The summed E-state index contributed by atoms with van der Waals surface area (Å²) in [5.74, 6) is 5.37. The molecule has 7 nitrogen and oxygen atoms in total. The minimum absolute atomic E-state index is 0.0221. The normalized spacial score (nSPS) is 20.0. The van der Waals surface area contributed by atoms with E-state index in [1.165, 1.54) is 4.90 Å². The number of alkyl halides is 1. The number of unbranched alkanes of at least 4 members (excludes halogenated alkanes) is 1. The second-order valence-electron chi connectivity index (χ2n) is 6.57. The molecule has 2 rings (SSSR count). The van der Waals surface area contributed by atoms with Gasteiger partial charge in [0.25, 0.3) is 0 Å². The number of hydrazine groups is 1. The number of benzene rings is 1. The van der Waals surface area contributed by atoms with E-state index in [1.807, 2.05) is 31.2 Å². The number of hydrogen-bond acceptors (Lipinski definition) is 5. The Balaban J connectivity index is 2.05. The van der Waals surface area contributed by atoms with Crippen molar-refractivity contribution in [3.8, 4) is 6.07 Å². The Morgan fingerprint density at radius 2 is 2.15 bits per heavy atom. The van der Waals surface area contributed by atoms with Crippen molar-refractivity contribution in [3.05, 3.63) is 35.9 Å². The highest BCUT2D eigenvalue weighted by molar-refractivity contribution is 5.86. The van der Waals surface area contributed by atoms with Crippen molar-refractivity contribution >= 4 is 12.0 Å². The van der Waals surface area contributed by atoms with Crippen LogP contribution in [-0.4, -0.2) is 46.7 Å². The molecule has 3 atom stereocenters. The van der Waals surface area contributed by atoms with E-state index in [0.717, 1.165) is 17.0 Å². The van der Waals surface area contributed by atoms with Crippen LogP contribution in [0, 0.1) is 11.3 Å².